The van der Waals surface area contributed by atoms with Crippen LogP contribution in [0.3, 0.4) is 0 Å². The molecule has 8 heterocycles. The number of aryl methyl sites for hydroxylation is 2. The van der Waals surface area contributed by atoms with E-state index in [1.165, 1.54) is 28.1 Å². The minimum Gasteiger partial charge on any atom is -0.504 e. The van der Waals surface area contributed by atoms with E-state index in [-0.39, 0.29) is 116 Å². The Morgan fingerprint density at radius 3 is 1.43 bits per heavy atom. The van der Waals surface area contributed by atoms with E-state index in [1.54, 1.807) is 0 Å². The maximum Gasteiger partial charge on any atom is 0.308 e. The van der Waals surface area contributed by atoms with Crippen molar-refractivity contribution in [3.05, 3.63) is 89.0 Å². The van der Waals surface area contributed by atoms with Gasteiger partial charge in [0.15, 0.2) is 46.0 Å². The van der Waals surface area contributed by atoms with E-state index < -0.39 is 47.4 Å². The molecule has 4 bridgehead atoms. The fourth-order valence-corrected chi connectivity index (χ4v) is 15.3. The van der Waals surface area contributed by atoms with Crippen molar-refractivity contribution in [1.82, 2.24) is 19.6 Å². The van der Waals surface area contributed by atoms with E-state index in [0.717, 1.165) is 44.5 Å². The summed E-state index contributed by atoms with van der Waals surface area (Å²) in [6.07, 6.45) is 2.67. The van der Waals surface area contributed by atoms with Gasteiger partial charge in [0.05, 0.1) is 50.5 Å². The first-order chi connectivity index (χ1) is 42.4. The molecule has 90 heavy (non-hydrogen) atoms. The Balaban J connectivity index is 0.000000199. The first kappa shape index (κ1) is 66.8. The van der Waals surface area contributed by atoms with Crippen molar-refractivity contribution >= 4 is 23.9 Å². The molecule has 10 atom stereocenters. The van der Waals surface area contributed by atoms with Gasteiger partial charge in [-0.15, -0.1) is 10.1 Å². The second-order valence-electron chi connectivity index (χ2n) is 23.6. The van der Waals surface area contributed by atoms with Crippen molar-refractivity contribution in [2.24, 2.45) is 0 Å². The van der Waals surface area contributed by atoms with E-state index in [9.17, 15) is 39.8 Å². The van der Waals surface area contributed by atoms with E-state index in [2.05, 4.69) is 20.8 Å². The number of hydrogen-bond donors (Lipinski definition) is 4. The molecule has 8 aliphatic rings. The van der Waals surface area contributed by atoms with Gasteiger partial charge in [0.2, 0.25) is 13.6 Å². The summed E-state index contributed by atoms with van der Waals surface area (Å²) in [6, 6.07) is 2.87. The van der Waals surface area contributed by atoms with Crippen LogP contribution in [0.25, 0.3) is 0 Å². The van der Waals surface area contributed by atoms with Crippen molar-refractivity contribution < 1.29 is 115 Å². The van der Waals surface area contributed by atoms with Crippen LogP contribution in [-0.2, 0) is 76.7 Å². The number of hydrogen-bond acceptors (Lipinski definition) is 24. The van der Waals surface area contributed by atoms with Gasteiger partial charge < -0.3 is 67.9 Å². The maximum absolute atomic E-state index is 12.7. The average Bonchev–Trinajstić information content (AvgIpc) is 0.869. The number of piperazine rings is 2. The number of aromatic hydroxyl groups is 2. The molecule has 2 saturated heterocycles. The summed E-state index contributed by atoms with van der Waals surface area (Å²) in [5.41, 5.74) is 9.19. The topological polar surface area (TPSA) is 321 Å². The number of ether oxygens (including phenoxy) is 10. The smallest absolute Gasteiger partial charge is 0.308 e. The Kier molecular flexibility index (Phi) is 19.8. The van der Waals surface area contributed by atoms with E-state index in [4.69, 9.17) is 62.7 Å². The normalized spacial score (nSPS) is 24.3. The van der Waals surface area contributed by atoms with Crippen LogP contribution in [0.2, 0.25) is 0 Å². The number of rotatable bonds is 12. The van der Waals surface area contributed by atoms with E-state index >= 15 is 0 Å². The van der Waals surface area contributed by atoms with Crippen molar-refractivity contribution in [3.63, 3.8) is 0 Å². The SMILES string of the molecule is CCCC(=O)OC[C@H]1c2c(c(OC(C)=O)c(C)c3c2OCO3)CC2[C@H]3c4c(cc(C)c(OC)c4O)C[C@@H]([C@H](C#N)N21)N3C.CCCC(=O)OC[C@H]1c2c(c(OC(C)=O)c(C)c3c2OCO3)CC2[C@H]3c4c(cc(C)c(OC)c4O)C[C@@H]([C@H](O)N21)N3C.O=[N+]([O-])O.[Ag]. The van der Waals surface area contributed by atoms with E-state index in [0.29, 0.717) is 107 Å². The summed E-state index contributed by atoms with van der Waals surface area (Å²) in [7, 11) is 7.01. The number of likely N-dealkylation sites (N-methyl/N-ethyl adjacent to an activating group) is 2. The zero-order valence-electron chi connectivity index (χ0n) is 52.2. The number of fused-ring (bicyclic) bond motifs is 18. The zero-order chi connectivity index (χ0) is 64.3. The average molecular weight is 1350 g/mol. The van der Waals surface area contributed by atoms with Crippen LogP contribution < -0.4 is 37.9 Å². The third-order valence-electron chi connectivity index (χ3n) is 18.6. The molecule has 0 amide bonds. The summed E-state index contributed by atoms with van der Waals surface area (Å²) < 4.78 is 58.2. The Labute approximate surface area is 535 Å². The summed E-state index contributed by atoms with van der Waals surface area (Å²) >= 11 is 0. The molecule has 1 radical (unpaired) electrons. The molecule has 4 N–H and O–H groups in total. The number of nitrogens with zero attached hydrogens (tertiary/aromatic N) is 6. The number of aliphatic hydroxyl groups is 1. The van der Waals surface area contributed by atoms with Crippen molar-refractivity contribution in [3.8, 4) is 63.6 Å². The Bertz CT molecular complexity index is 3570. The molecule has 12 rings (SSSR count). The molecule has 0 aromatic heterocycles. The zero-order valence-corrected chi connectivity index (χ0v) is 53.7. The van der Waals surface area contributed by atoms with Crippen LogP contribution in [0.15, 0.2) is 12.1 Å². The van der Waals surface area contributed by atoms with E-state index in [1.807, 2.05) is 72.7 Å². The molecule has 0 spiro atoms. The number of phenols is 2. The number of benzene rings is 4. The molecule has 0 saturated carbocycles. The second kappa shape index (κ2) is 26.7. The first-order valence-electron chi connectivity index (χ1n) is 29.7. The van der Waals surface area contributed by atoms with Crippen LogP contribution in [-0.4, -0.2) is 161 Å². The van der Waals surface area contributed by atoms with Crippen molar-refractivity contribution in [1.29, 1.82) is 5.26 Å². The molecule has 2 unspecified atom stereocenters. The van der Waals surface area contributed by atoms with Gasteiger partial charge in [-0.3, -0.25) is 38.8 Å². The van der Waals surface area contributed by atoms with Crippen LogP contribution >= 0.6 is 0 Å². The molecule has 4 aromatic rings. The predicted molar refractivity (Wildman–Crippen MR) is 312 cm³/mol. The molecule has 8 aliphatic heterocycles. The molecule has 2 fully saturated rings. The summed E-state index contributed by atoms with van der Waals surface area (Å²) in [5.74, 6) is 2.11. The largest absolute Gasteiger partial charge is 0.504 e. The number of nitriles is 1. The van der Waals surface area contributed by atoms with Crippen LogP contribution in [0.1, 0.15) is 144 Å². The van der Waals surface area contributed by atoms with Gasteiger partial charge in [0.25, 0.3) is 5.09 Å². The summed E-state index contributed by atoms with van der Waals surface area (Å²) in [6.45, 7) is 13.9. The molecule has 4 aromatic carbocycles. The maximum atomic E-state index is 12.7. The van der Waals surface area contributed by atoms with Gasteiger partial charge in [-0.05, 0) is 103 Å². The number of carbonyl (C=O) groups excluding carboxylic acids is 4. The standard InChI is InChI=1S/C32H37N3O8.C31H38N2O9.Ag.HNO3/c1-7-8-24(37)40-13-23-26-19(30(43-17(4)36)16(3)31-32(26)42-14-41-31)11-21-27-25-18(9-15(2)29(39-6)28(25)38)10-20(34(27)5)22(12-33)35(21)23;1-7-8-22(35)39-12-21-24-18(28(42-16(4)34)15(3)29-30(24)41-13-40-29)11-19-25-23-17(9-14(2)27(38-6)26(23)36)10-20(32(25)5)31(37)33(19)21;;2-1(3)4/h9,20-23,27,38H,7-8,10-11,13-14H2,1-6H3;9,19-21,25,31,36-37H,7-8,10-13H2,1-6H3;;(H,2,3,4)/t20-,21?,22-,23-,27-;19?,20-,21-,25-,31-;;/m00../s1. The third kappa shape index (κ3) is 11.4. The van der Waals surface area contributed by atoms with Gasteiger partial charge in [-0.1, -0.05) is 26.0 Å². The molecular weight excluding hydrogens is 1270 g/mol. The minimum atomic E-state index is -1.50. The predicted octanol–water partition coefficient (Wildman–Crippen LogP) is 6.65. The number of carbonyl (C=O) groups is 4. The van der Waals surface area contributed by atoms with Crippen molar-refractivity contribution in [2.75, 3.05) is 55.1 Å². The minimum absolute atomic E-state index is 0. The Morgan fingerprint density at radius 2 is 1.03 bits per heavy atom. The molecular formula is C63H76AgN6O20. The van der Waals surface area contributed by atoms with Gasteiger partial charge in [-0.2, -0.15) is 5.26 Å². The van der Waals surface area contributed by atoms with Gasteiger partial charge in [-0.25, -0.2) is 0 Å². The number of methoxy groups -OCH3 is 2. The molecule has 489 valence electrons. The Morgan fingerprint density at radius 1 is 0.644 bits per heavy atom. The van der Waals surface area contributed by atoms with Crippen LogP contribution in [0.4, 0.5) is 0 Å². The second-order valence-corrected chi connectivity index (χ2v) is 23.6. The first-order valence-corrected chi connectivity index (χ1v) is 29.7. The fourth-order valence-electron chi connectivity index (χ4n) is 15.3. The quantitative estimate of drug-likeness (QED) is 0.0379. The Hall–Kier alpha value is -7.61. The summed E-state index contributed by atoms with van der Waals surface area (Å²) in [4.78, 5) is 66.7. The fraction of sp³-hybridized carbons (Fsp3) is 0.540. The number of esters is 4. The molecule has 26 nitrogen and oxygen atoms in total. The van der Waals surface area contributed by atoms with Crippen LogP contribution in [0.5, 0.6) is 57.5 Å². The van der Waals surface area contributed by atoms with Gasteiger partial charge >= 0.3 is 23.9 Å². The molecule has 27 heteroatoms. The van der Waals surface area contributed by atoms with Gasteiger partial charge in [0.1, 0.15) is 37.0 Å². The van der Waals surface area contributed by atoms with Crippen LogP contribution in [0, 0.1) is 49.1 Å². The summed E-state index contributed by atoms with van der Waals surface area (Å²) in [5, 5.41) is 59.5. The van der Waals surface area contributed by atoms with Crippen molar-refractivity contribution in [2.45, 2.75) is 167 Å². The van der Waals surface area contributed by atoms with Gasteiger partial charge in [0, 0.05) is 112 Å². The number of phenolic OH excluding ortho intramolecular Hbond substituents is 2. The third-order valence-corrected chi connectivity index (χ3v) is 18.6. The molecule has 0 aliphatic carbocycles. The number of aliphatic hydroxyl groups excluding tert-OH is 1. The monoisotopic (exact) mass is 1340 g/mol.